The normalized spacial score (nSPS) is 12.3. The maximum Gasteiger partial charge on any atom is 0.319 e. The number of hydrogen-bond acceptors (Lipinski definition) is 5. The number of rotatable bonds is 10. The summed E-state index contributed by atoms with van der Waals surface area (Å²) in [6.45, 7) is 14.9. The lowest BCUT2D eigenvalue weighted by Crippen LogP contribution is -2.38. The Kier molecular flexibility index (Phi) is 9.04. The highest BCUT2D eigenvalue weighted by Crippen LogP contribution is 2.40. The number of hydrogen-bond donors (Lipinski definition) is 3. The molecule has 0 spiro atoms. The fourth-order valence-corrected chi connectivity index (χ4v) is 4.68. The highest BCUT2D eigenvalue weighted by molar-refractivity contribution is 6.72. The van der Waals surface area contributed by atoms with E-state index in [9.17, 15) is 9.59 Å². The number of ether oxygens (including phenoxy) is 1. The second-order valence-corrected chi connectivity index (χ2v) is 16.5. The van der Waals surface area contributed by atoms with Crippen molar-refractivity contribution in [3.05, 3.63) is 65.7 Å². The standard InChI is InChI=1S/C29H43N5O3Si/c1-28(2,3)26-18-24(34(33-26)23-12-9-13-25(17-23)37-6)20-31-27(35)32-22-15-14-21(30-19-22)11-10-16-29(4,5)38(7,8)36/h9,12-15,17-19,36H,10-11,16,20H2,1-8H3,(H2,31,32,35). The van der Waals surface area contributed by atoms with Gasteiger partial charge in [-0.25, -0.2) is 9.48 Å². The zero-order valence-corrected chi connectivity index (χ0v) is 25.1. The third-order valence-electron chi connectivity index (χ3n) is 7.25. The Bertz CT molecular complexity index is 1220. The van der Waals surface area contributed by atoms with Crippen LogP contribution in [0.15, 0.2) is 48.7 Å². The fourth-order valence-electron chi connectivity index (χ4n) is 3.89. The van der Waals surface area contributed by atoms with Crippen molar-refractivity contribution in [2.24, 2.45) is 0 Å². The Balaban J connectivity index is 1.61. The number of aromatic nitrogens is 3. The SMILES string of the molecule is COc1cccc(-n2nc(C(C)(C)C)cc2CNC(=O)Nc2ccc(CCCC(C)(C)[Si](C)(C)O)nc2)c1. The van der Waals surface area contributed by atoms with Crippen LogP contribution in [0.25, 0.3) is 5.69 Å². The number of anilines is 1. The first-order valence-corrected chi connectivity index (χ1v) is 16.1. The molecule has 0 aliphatic rings. The molecule has 3 rings (SSSR count). The Hall–Kier alpha value is -3.17. The van der Waals surface area contributed by atoms with Gasteiger partial charge in [-0.15, -0.1) is 0 Å². The van der Waals surface area contributed by atoms with Gasteiger partial charge < -0.3 is 20.2 Å². The third kappa shape index (κ3) is 7.67. The van der Waals surface area contributed by atoms with Crippen LogP contribution >= 0.6 is 0 Å². The lowest BCUT2D eigenvalue weighted by molar-refractivity contribution is 0.251. The van der Waals surface area contributed by atoms with Crippen molar-refractivity contribution in [2.45, 2.75) is 84.0 Å². The van der Waals surface area contributed by atoms with Crippen LogP contribution in [0.4, 0.5) is 10.5 Å². The number of benzene rings is 1. The highest BCUT2D eigenvalue weighted by Gasteiger charge is 2.37. The average molecular weight is 538 g/mol. The van der Waals surface area contributed by atoms with Crippen LogP contribution in [0.2, 0.25) is 18.1 Å². The van der Waals surface area contributed by atoms with Crippen molar-refractivity contribution >= 4 is 20.0 Å². The van der Waals surface area contributed by atoms with Crippen LogP contribution in [-0.4, -0.2) is 41.0 Å². The molecule has 9 heteroatoms. The van der Waals surface area contributed by atoms with Crippen LogP contribution < -0.4 is 15.4 Å². The summed E-state index contributed by atoms with van der Waals surface area (Å²) in [5.74, 6) is 0.741. The minimum atomic E-state index is -2.20. The first-order valence-electron chi connectivity index (χ1n) is 13.2. The number of pyridine rings is 1. The van der Waals surface area contributed by atoms with E-state index in [1.807, 2.05) is 60.2 Å². The molecule has 0 aliphatic heterocycles. The van der Waals surface area contributed by atoms with Gasteiger partial charge in [0, 0.05) is 17.2 Å². The summed E-state index contributed by atoms with van der Waals surface area (Å²) in [5.41, 5.74) is 4.13. The van der Waals surface area contributed by atoms with Gasteiger partial charge in [-0.3, -0.25) is 4.98 Å². The molecule has 3 aromatic rings. The largest absolute Gasteiger partial charge is 0.497 e. The zero-order chi connectivity index (χ0) is 28.1. The molecule has 206 valence electrons. The molecule has 0 aliphatic carbocycles. The first-order chi connectivity index (χ1) is 17.7. The predicted molar refractivity (Wildman–Crippen MR) is 156 cm³/mol. The Labute approximate surface area is 228 Å². The number of methoxy groups -OCH3 is 1. The number of carbonyl (C=O) groups excluding carboxylic acids is 1. The van der Waals surface area contributed by atoms with Crippen LogP contribution in [-0.2, 0) is 18.4 Å². The van der Waals surface area contributed by atoms with Gasteiger partial charge >= 0.3 is 6.03 Å². The average Bonchev–Trinajstić information content (AvgIpc) is 3.28. The number of amides is 2. The van der Waals surface area contributed by atoms with Gasteiger partial charge in [0.2, 0.25) is 0 Å². The van der Waals surface area contributed by atoms with E-state index in [-0.39, 0.29) is 16.5 Å². The summed E-state index contributed by atoms with van der Waals surface area (Å²) in [6.07, 6.45) is 4.44. The quantitative estimate of drug-likeness (QED) is 0.268. The summed E-state index contributed by atoms with van der Waals surface area (Å²) in [6, 6.07) is 13.2. The molecule has 2 heterocycles. The molecule has 0 atom stereocenters. The number of urea groups is 1. The van der Waals surface area contributed by atoms with Crippen LogP contribution in [0, 0.1) is 0 Å². The molecule has 3 N–H and O–H groups in total. The molecule has 0 fully saturated rings. The van der Waals surface area contributed by atoms with Gasteiger partial charge in [-0.05, 0) is 67.7 Å². The topological polar surface area (TPSA) is 101 Å². The maximum atomic E-state index is 12.7. The molecule has 0 radical (unpaired) electrons. The van der Waals surface area contributed by atoms with Crippen molar-refractivity contribution in [3.63, 3.8) is 0 Å². The van der Waals surface area contributed by atoms with Crippen LogP contribution in [0.5, 0.6) is 5.75 Å². The molecule has 2 amide bonds. The summed E-state index contributed by atoms with van der Waals surface area (Å²) in [7, 11) is -0.568. The Morgan fingerprint density at radius 2 is 1.84 bits per heavy atom. The molecule has 8 nitrogen and oxygen atoms in total. The number of nitrogens with one attached hydrogen (secondary N) is 2. The van der Waals surface area contributed by atoms with Gasteiger partial charge in [0.15, 0.2) is 8.32 Å². The molecule has 38 heavy (non-hydrogen) atoms. The lowest BCUT2D eigenvalue weighted by atomic mass is 9.92. The lowest BCUT2D eigenvalue weighted by Gasteiger charge is -2.35. The highest BCUT2D eigenvalue weighted by atomic mass is 28.4. The second kappa shape index (κ2) is 11.7. The summed E-state index contributed by atoms with van der Waals surface area (Å²) in [4.78, 5) is 27.7. The van der Waals surface area contributed by atoms with Crippen molar-refractivity contribution in [1.29, 1.82) is 0 Å². The molecule has 0 unspecified atom stereocenters. The fraction of sp³-hybridized carbons (Fsp3) is 0.483. The van der Waals surface area contributed by atoms with Gasteiger partial charge in [0.25, 0.3) is 0 Å². The van der Waals surface area contributed by atoms with Crippen molar-refractivity contribution in [2.75, 3.05) is 12.4 Å². The van der Waals surface area contributed by atoms with E-state index in [1.165, 1.54) is 0 Å². The molecule has 1 aromatic carbocycles. The maximum absolute atomic E-state index is 12.7. The van der Waals surface area contributed by atoms with E-state index in [4.69, 9.17) is 9.84 Å². The van der Waals surface area contributed by atoms with Gasteiger partial charge in [-0.2, -0.15) is 5.10 Å². The molecule has 0 bridgehead atoms. The summed E-state index contributed by atoms with van der Waals surface area (Å²) >= 11 is 0. The van der Waals surface area contributed by atoms with Crippen molar-refractivity contribution in [3.8, 4) is 11.4 Å². The Morgan fingerprint density at radius 3 is 2.45 bits per heavy atom. The van der Waals surface area contributed by atoms with E-state index in [1.54, 1.807) is 13.3 Å². The molecule has 0 saturated heterocycles. The number of nitrogens with zero attached hydrogens (tertiary/aromatic N) is 3. The van der Waals surface area contributed by atoms with Gasteiger partial charge in [-0.1, -0.05) is 40.7 Å². The summed E-state index contributed by atoms with van der Waals surface area (Å²) in [5, 5.41) is 10.6. The smallest absolute Gasteiger partial charge is 0.319 e. The minimum absolute atomic E-state index is 0.0395. The predicted octanol–water partition coefficient (Wildman–Crippen LogP) is 6.20. The summed E-state index contributed by atoms with van der Waals surface area (Å²) < 4.78 is 7.23. The Morgan fingerprint density at radius 1 is 1.11 bits per heavy atom. The van der Waals surface area contributed by atoms with Crippen molar-refractivity contribution in [1.82, 2.24) is 20.1 Å². The first kappa shape index (κ1) is 29.4. The molecular formula is C29H43N5O3Si. The molecular weight excluding hydrogens is 494 g/mol. The third-order valence-corrected chi connectivity index (χ3v) is 10.8. The number of carbonyl (C=O) groups is 1. The van der Waals surface area contributed by atoms with Gasteiger partial charge in [0.05, 0.1) is 42.6 Å². The molecule has 2 aromatic heterocycles. The van der Waals surface area contributed by atoms with E-state index in [0.29, 0.717) is 12.2 Å². The second-order valence-electron chi connectivity index (χ2n) is 12.0. The van der Waals surface area contributed by atoms with Crippen LogP contribution in [0.3, 0.4) is 0 Å². The monoisotopic (exact) mass is 537 g/mol. The van der Waals surface area contributed by atoms with E-state index in [2.05, 4.69) is 50.2 Å². The van der Waals surface area contributed by atoms with E-state index in [0.717, 1.165) is 47.8 Å². The van der Waals surface area contributed by atoms with Crippen molar-refractivity contribution < 1.29 is 14.3 Å². The molecule has 0 saturated carbocycles. The zero-order valence-electron chi connectivity index (χ0n) is 24.1. The van der Waals surface area contributed by atoms with E-state index < -0.39 is 8.32 Å². The number of aryl methyl sites for hydroxylation is 1. The minimum Gasteiger partial charge on any atom is -0.497 e. The van der Waals surface area contributed by atoms with Gasteiger partial charge in [0.1, 0.15) is 5.75 Å². The van der Waals surface area contributed by atoms with E-state index >= 15 is 0 Å². The van der Waals surface area contributed by atoms with Crippen LogP contribution in [0.1, 0.15) is 64.5 Å².